The summed E-state index contributed by atoms with van der Waals surface area (Å²) in [7, 11) is 1.46. The van der Waals surface area contributed by atoms with E-state index in [1.165, 1.54) is 18.0 Å². The summed E-state index contributed by atoms with van der Waals surface area (Å²) in [5.74, 6) is -0.182. The number of aromatic nitrogens is 2. The molecule has 0 atom stereocenters. The number of carboxylic acids is 1. The van der Waals surface area contributed by atoms with Gasteiger partial charge in [0.15, 0.2) is 11.4 Å². The van der Waals surface area contributed by atoms with Crippen molar-refractivity contribution in [2.24, 2.45) is 5.92 Å². The quantitative estimate of drug-likeness (QED) is 0.804. The Kier molecular flexibility index (Phi) is 3.63. The molecule has 0 amide bonds. The van der Waals surface area contributed by atoms with Crippen LogP contribution in [0.1, 0.15) is 23.3 Å². The first kappa shape index (κ1) is 11.9. The molecule has 17 heavy (non-hydrogen) atoms. The van der Waals surface area contributed by atoms with E-state index in [1.54, 1.807) is 0 Å². The van der Waals surface area contributed by atoms with Gasteiger partial charge < -0.3 is 15.2 Å². The molecule has 1 aromatic rings. The van der Waals surface area contributed by atoms with E-state index in [0.717, 1.165) is 25.9 Å². The topological polar surface area (TPSA) is 76.4 Å². The zero-order chi connectivity index (χ0) is 12.3. The van der Waals surface area contributed by atoms with E-state index >= 15 is 0 Å². The van der Waals surface area contributed by atoms with Gasteiger partial charge in [-0.1, -0.05) is 0 Å². The lowest BCUT2D eigenvalue weighted by molar-refractivity contribution is 0.0677. The van der Waals surface area contributed by atoms with Crippen molar-refractivity contribution in [2.75, 3.05) is 20.2 Å². The molecule has 0 bridgehead atoms. The van der Waals surface area contributed by atoms with Gasteiger partial charge in [-0.15, -0.1) is 0 Å². The van der Waals surface area contributed by atoms with E-state index < -0.39 is 5.97 Å². The highest BCUT2D eigenvalue weighted by molar-refractivity contribution is 5.88. The number of piperidine rings is 1. The Labute approximate surface area is 99.6 Å². The van der Waals surface area contributed by atoms with E-state index in [1.807, 2.05) is 0 Å². The second kappa shape index (κ2) is 5.18. The van der Waals surface area contributed by atoms with Crippen LogP contribution >= 0.6 is 0 Å². The first-order valence-electron chi connectivity index (χ1n) is 5.76. The summed E-state index contributed by atoms with van der Waals surface area (Å²) in [5.41, 5.74) is 0.144. The molecule has 1 aliphatic heterocycles. The first-order chi connectivity index (χ1) is 8.22. The minimum Gasteiger partial charge on any atom is -0.493 e. The average Bonchev–Trinajstić information content (AvgIpc) is 2.73. The molecular weight excluding hydrogens is 222 g/mol. The number of nitrogens with zero attached hydrogens (tertiary/aromatic N) is 2. The van der Waals surface area contributed by atoms with Crippen LogP contribution in [0.2, 0.25) is 0 Å². The summed E-state index contributed by atoms with van der Waals surface area (Å²) in [6.45, 7) is 2.63. The predicted molar refractivity (Wildman–Crippen MR) is 61.3 cm³/mol. The largest absolute Gasteiger partial charge is 0.493 e. The molecule has 0 aliphatic carbocycles. The minimum atomic E-state index is -0.992. The molecule has 6 heteroatoms. The van der Waals surface area contributed by atoms with Gasteiger partial charge in [-0.25, -0.2) is 4.79 Å². The molecule has 0 aromatic carbocycles. The lowest BCUT2D eigenvalue weighted by Crippen LogP contribution is -2.30. The number of carbonyl (C=O) groups is 1. The molecular formula is C11H17N3O3. The molecule has 2 rings (SSSR count). The Hall–Kier alpha value is -1.56. The summed E-state index contributed by atoms with van der Waals surface area (Å²) < 4.78 is 6.54. The van der Waals surface area contributed by atoms with Crippen LogP contribution in [-0.2, 0) is 6.54 Å². The van der Waals surface area contributed by atoms with Gasteiger partial charge in [-0.3, -0.25) is 4.68 Å². The van der Waals surface area contributed by atoms with Gasteiger partial charge in [0.25, 0.3) is 0 Å². The highest BCUT2D eigenvalue weighted by atomic mass is 16.5. The molecule has 2 N–H and O–H groups in total. The van der Waals surface area contributed by atoms with E-state index in [-0.39, 0.29) is 5.69 Å². The van der Waals surface area contributed by atoms with Crippen LogP contribution in [0.3, 0.4) is 0 Å². The molecule has 6 nitrogen and oxygen atoms in total. The Morgan fingerprint density at radius 1 is 1.65 bits per heavy atom. The van der Waals surface area contributed by atoms with Gasteiger partial charge in [0.2, 0.25) is 0 Å². The molecule has 0 saturated carbocycles. The summed E-state index contributed by atoms with van der Waals surface area (Å²) in [4.78, 5) is 11.2. The number of methoxy groups -OCH3 is 1. The van der Waals surface area contributed by atoms with Crippen molar-refractivity contribution in [3.05, 3.63) is 11.9 Å². The van der Waals surface area contributed by atoms with Crippen molar-refractivity contribution >= 4 is 5.97 Å². The lowest BCUT2D eigenvalue weighted by atomic mass is 9.98. The van der Waals surface area contributed by atoms with Crippen LogP contribution in [0, 0.1) is 5.92 Å². The van der Waals surface area contributed by atoms with Gasteiger partial charge in [-0.2, -0.15) is 5.10 Å². The fourth-order valence-corrected chi connectivity index (χ4v) is 2.18. The molecule has 94 valence electrons. The average molecular weight is 239 g/mol. The molecule has 0 unspecified atom stereocenters. The molecule has 1 saturated heterocycles. The van der Waals surface area contributed by atoms with Crippen LogP contribution < -0.4 is 10.1 Å². The number of hydrogen-bond acceptors (Lipinski definition) is 4. The summed E-state index contributed by atoms with van der Waals surface area (Å²) in [6, 6.07) is 0. The molecule has 1 aliphatic rings. The maximum atomic E-state index is 11.2. The summed E-state index contributed by atoms with van der Waals surface area (Å²) in [5, 5.41) is 16.5. The zero-order valence-corrected chi connectivity index (χ0v) is 9.85. The fraction of sp³-hybridized carbons (Fsp3) is 0.636. The van der Waals surface area contributed by atoms with Crippen molar-refractivity contribution in [2.45, 2.75) is 19.4 Å². The summed E-state index contributed by atoms with van der Waals surface area (Å²) >= 11 is 0. The summed E-state index contributed by atoms with van der Waals surface area (Å²) in [6.07, 6.45) is 3.58. The van der Waals surface area contributed by atoms with Gasteiger partial charge in [0, 0.05) is 6.54 Å². The van der Waals surface area contributed by atoms with E-state index in [9.17, 15) is 4.79 Å². The Bertz CT molecular complexity index is 397. The third-order valence-electron chi connectivity index (χ3n) is 3.12. The molecule has 1 aromatic heterocycles. The van der Waals surface area contributed by atoms with Crippen molar-refractivity contribution in [3.63, 3.8) is 0 Å². The van der Waals surface area contributed by atoms with Crippen LogP contribution in [0.15, 0.2) is 6.20 Å². The Morgan fingerprint density at radius 3 is 2.94 bits per heavy atom. The van der Waals surface area contributed by atoms with E-state index in [4.69, 9.17) is 9.84 Å². The maximum absolute atomic E-state index is 11.2. The van der Waals surface area contributed by atoms with Crippen molar-refractivity contribution < 1.29 is 14.6 Å². The van der Waals surface area contributed by atoms with Gasteiger partial charge in [0.1, 0.15) is 0 Å². The number of aromatic carboxylic acids is 1. The maximum Gasteiger partial charge on any atom is 0.358 e. The Morgan fingerprint density at radius 2 is 2.35 bits per heavy atom. The van der Waals surface area contributed by atoms with E-state index in [2.05, 4.69) is 10.4 Å². The highest BCUT2D eigenvalue weighted by Gasteiger charge is 2.21. The van der Waals surface area contributed by atoms with Crippen LogP contribution in [0.4, 0.5) is 0 Å². The number of hydrogen-bond donors (Lipinski definition) is 2. The highest BCUT2D eigenvalue weighted by Crippen LogP contribution is 2.21. The second-order valence-corrected chi connectivity index (χ2v) is 4.24. The van der Waals surface area contributed by atoms with Crippen molar-refractivity contribution in [1.82, 2.24) is 15.1 Å². The Balaban J connectivity index is 2.14. The molecule has 0 radical (unpaired) electrons. The fourth-order valence-electron chi connectivity index (χ4n) is 2.18. The van der Waals surface area contributed by atoms with Crippen LogP contribution in [0.5, 0.6) is 5.75 Å². The van der Waals surface area contributed by atoms with Crippen molar-refractivity contribution in [1.29, 1.82) is 0 Å². The third kappa shape index (κ3) is 2.58. The van der Waals surface area contributed by atoms with Crippen LogP contribution in [0.25, 0.3) is 0 Å². The minimum absolute atomic E-state index is 0.144. The number of rotatable bonds is 4. The smallest absolute Gasteiger partial charge is 0.358 e. The van der Waals surface area contributed by atoms with Gasteiger partial charge in [0.05, 0.1) is 13.3 Å². The molecule has 0 spiro atoms. The van der Waals surface area contributed by atoms with Crippen LogP contribution in [-0.4, -0.2) is 41.1 Å². The predicted octanol–water partition coefficient (Wildman–Crippen LogP) is 0.589. The molecule has 1 fully saturated rings. The van der Waals surface area contributed by atoms with E-state index in [0.29, 0.717) is 18.2 Å². The standard InChI is InChI=1S/C11H17N3O3/c1-17-9-6-13-14(10(9)11(15)16)7-8-2-4-12-5-3-8/h6,8,12H,2-5,7H2,1H3,(H,15,16). The number of carboxylic acid groups (broad SMARTS) is 1. The molecule has 2 heterocycles. The lowest BCUT2D eigenvalue weighted by Gasteiger charge is -2.22. The van der Waals surface area contributed by atoms with Gasteiger partial charge >= 0.3 is 5.97 Å². The third-order valence-corrected chi connectivity index (χ3v) is 3.12. The normalized spacial score (nSPS) is 17.0. The zero-order valence-electron chi connectivity index (χ0n) is 9.85. The monoisotopic (exact) mass is 239 g/mol. The SMILES string of the molecule is COc1cnn(CC2CCNCC2)c1C(=O)O. The second-order valence-electron chi connectivity index (χ2n) is 4.24. The van der Waals surface area contributed by atoms with Crippen molar-refractivity contribution in [3.8, 4) is 5.75 Å². The number of nitrogens with one attached hydrogen (secondary N) is 1. The number of ether oxygens (including phenoxy) is 1. The van der Waals surface area contributed by atoms with Gasteiger partial charge in [-0.05, 0) is 31.8 Å². The first-order valence-corrected chi connectivity index (χ1v) is 5.76.